The van der Waals surface area contributed by atoms with Crippen LogP contribution in [0.5, 0.6) is 0 Å². The normalized spacial score (nSPS) is 17.9. The minimum absolute atomic E-state index is 0.0811. The van der Waals surface area contributed by atoms with Crippen LogP contribution in [0.15, 0.2) is 48.5 Å². The van der Waals surface area contributed by atoms with Gasteiger partial charge in [-0.2, -0.15) is 0 Å². The van der Waals surface area contributed by atoms with Crippen LogP contribution in [0.2, 0.25) is 0 Å². The number of carbonyl (C=O) groups excluding carboxylic acids is 2. The van der Waals surface area contributed by atoms with Crippen LogP contribution in [0.4, 0.5) is 4.79 Å². The monoisotopic (exact) mass is 496 g/mol. The van der Waals surface area contributed by atoms with Gasteiger partial charge in [0.25, 0.3) is 5.91 Å². The van der Waals surface area contributed by atoms with Crippen molar-refractivity contribution >= 4 is 27.8 Å². The van der Waals surface area contributed by atoms with Crippen LogP contribution in [0.25, 0.3) is 11.1 Å². The Morgan fingerprint density at radius 1 is 1.06 bits per heavy atom. The summed E-state index contributed by atoms with van der Waals surface area (Å²) < 4.78 is 29.0. The molecule has 0 spiro atoms. The number of fused-ring (bicyclic) bond motifs is 3. The second-order valence-electron chi connectivity index (χ2n) is 8.35. The Hall–Kier alpha value is -3.84. The minimum atomic E-state index is -3.41. The maximum atomic E-state index is 12.4. The van der Waals surface area contributed by atoms with Gasteiger partial charge in [0.15, 0.2) is 9.84 Å². The molecule has 2 aromatic carbocycles. The lowest BCUT2D eigenvalue weighted by Gasteiger charge is -2.33. The average molecular weight is 497 g/mol. The molecule has 1 heterocycles. The average Bonchev–Trinajstić information content (AvgIpc) is 3.13. The first-order chi connectivity index (χ1) is 16.7. The fourth-order valence-corrected chi connectivity index (χ4v) is 6.01. The van der Waals surface area contributed by atoms with Crippen molar-refractivity contribution < 1.29 is 32.6 Å². The van der Waals surface area contributed by atoms with E-state index in [1.165, 1.54) is 0 Å². The molecule has 0 radical (unpaired) electrons. The lowest BCUT2D eigenvalue weighted by molar-refractivity contribution is -0.139. The molecule has 1 fully saturated rings. The van der Waals surface area contributed by atoms with E-state index in [0.717, 1.165) is 27.2 Å². The van der Waals surface area contributed by atoms with Crippen LogP contribution >= 0.6 is 0 Å². The molecular weight excluding hydrogens is 472 g/mol. The van der Waals surface area contributed by atoms with Gasteiger partial charge in [0.05, 0.1) is 30.5 Å². The topological polar surface area (TPSA) is 130 Å². The van der Waals surface area contributed by atoms with E-state index >= 15 is 0 Å². The summed E-state index contributed by atoms with van der Waals surface area (Å²) in [4.78, 5) is 36.8. The zero-order valence-corrected chi connectivity index (χ0v) is 19.6. The Kier molecular flexibility index (Phi) is 7.07. The van der Waals surface area contributed by atoms with Crippen molar-refractivity contribution in [3.05, 3.63) is 59.7 Å². The van der Waals surface area contributed by atoms with Crippen molar-refractivity contribution in [1.29, 1.82) is 0 Å². The Bertz CT molecular complexity index is 1280. The number of aliphatic carboxylic acids is 1. The van der Waals surface area contributed by atoms with Crippen molar-refractivity contribution in [2.75, 3.05) is 31.2 Å². The predicted molar refractivity (Wildman–Crippen MR) is 127 cm³/mol. The molecule has 2 amide bonds. The smallest absolute Gasteiger partial charge is 0.407 e. The number of benzene rings is 2. The third-order valence-electron chi connectivity index (χ3n) is 6.06. The number of carboxylic acid groups (broad SMARTS) is 1. The largest absolute Gasteiger partial charge is 0.481 e. The molecule has 182 valence electrons. The molecule has 1 unspecified atom stereocenters. The van der Waals surface area contributed by atoms with Crippen molar-refractivity contribution in [2.24, 2.45) is 0 Å². The van der Waals surface area contributed by atoms with Crippen LogP contribution in [0.3, 0.4) is 0 Å². The SMILES string of the molecule is O=C(O)CC1CS(=O)(=O)CCN1C(=O)C#CCNC(=O)OCC1c2ccccc2-c2ccccc21. The molecule has 0 saturated carbocycles. The Labute approximate surface area is 203 Å². The van der Waals surface area contributed by atoms with E-state index in [-0.39, 0.29) is 31.4 Å². The summed E-state index contributed by atoms with van der Waals surface area (Å²) in [5, 5.41) is 11.5. The highest BCUT2D eigenvalue weighted by Crippen LogP contribution is 2.44. The number of amides is 2. The van der Waals surface area contributed by atoms with E-state index in [0.29, 0.717) is 0 Å². The number of hydrogen-bond donors (Lipinski definition) is 2. The zero-order chi connectivity index (χ0) is 25.0. The van der Waals surface area contributed by atoms with E-state index in [9.17, 15) is 22.8 Å². The fourth-order valence-electron chi connectivity index (χ4n) is 4.48. The molecule has 1 saturated heterocycles. The van der Waals surface area contributed by atoms with E-state index < -0.39 is 46.0 Å². The first-order valence-corrected chi connectivity index (χ1v) is 12.9. The molecule has 1 atom stereocenters. The van der Waals surface area contributed by atoms with E-state index in [1.54, 1.807) is 0 Å². The van der Waals surface area contributed by atoms with Gasteiger partial charge < -0.3 is 20.1 Å². The Morgan fingerprint density at radius 2 is 1.69 bits per heavy atom. The molecule has 1 aliphatic heterocycles. The molecule has 0 bridgehead atoms. The van der Waals surface area contributed by atoms with Gasteiger partial charge in [0.1, 0.15) is 6.61 Å². The second-order valence-corrected chi connectivity index (χ2v) is 10.6. The summed E-state index contributed by atoms with van der Waals surface area (Å²) in [6, 6.07) is 15.0. The lowest BCUT2D eigenvalue weighted by Crippen LogP contribution is -2.51. The number of ether oxygens (including phenoxy) is 1. The van der Waals surface area contributed by atoms with Gasteiger partial charge >= 0.3 is 12.1 Å². The minimum Gasteiger partial charge on any atom is -0.481 e. The van der Waals surface area contributed by atoms with Crippen LogP contribution < -0.4 is 5.32 Å². The molecule has 2 aliphatic rings. The van der Waals surface area contributed by atoms with Crippen LogP contribution in [0.1, 0.15) is 23.5 Å². The molecule has 35 heavy (non-hydrogen) atoms. The molecule has 1 aliphatic carbocycles. The maximum absolute atomic E-state index is 12.4. The summed E-state index contributed by atoms with van der Waals surface area (Å²) in [5.74, 6) is 2.24. The highest BCUT2D eigenvalue weighted by Gasteiger charge is 2.35. The number of nitrogens with one attached hydrogen (secondary N) is 1. The van der Waals surface area contributed by atoms with Gasteiger partial charge in [-0.05, 0) is 28.2 Å². The second kappa shape index (κ2) is 10.2. The molecule has 0 aromatic heterocycles. The highest BCUT2D eigenvalue weighted by atomic mass is 32.2. The highest BCUT2D eigenvalue weighted by molar-refractivity contribution is 7.91. The molecule has 9 nitrogen and oxygen atoms in total. The third kappa shape index (κ3) is 5.63. The lowest BCUT2D eigenvalue weighted by atomic mass is 9.98. The number of hydrogen-bond acceptors (Lipinski definition) is 6. The first-order valence-electron chi connectivity index (χ1n) is 11.1. The molecular formula is C25H24N2O7S. The predicted octanol–water partition coefficient (Wildman–Crippen LogP) is 1.63. The van der Waals surface area contributed by atoms with Gasteiger partial charge in [-0.3, -0.25) is 9.59 Å². The van der Waals surface area contributed by atoms with Crippen LogP contribution in [-0.2, 0) is 24.2 Å². The van der Waals surface area contributed by atoms with Gasteiger partial charge in [-0.15, -0.1) is 0 Å². The number of alkyl carbamates (subject to hydrolysis) is 1. The number of rotatable bonds is 5. The summed E-state index contributed by atoms with van der Waals surface area (Å²) in [6.45, 7) is -0.128. The molecule has 10 heteroatoms. The fraction of sp³-hybridized carbons (Fsp3) is 0.320. The van der Waals surface area contributed by atoms with Gasteiger partial charge in [-0.1, -0.05) is 54.5 Å². The number of sulfone groups is 1. The summed E-state index contributed by atoms with van der Waals surface area (Å²) in [6.07, 6.45) is -1.16. The standard InChI is InChI=1S/C25H24N2O7S/c28-23(27-12-13-35(32,33)16-17(27)14-24(29)30)10-5-11-26-25(31)34-15-22-20-8-3-1-6-18(20)19-7-2-4-9-21(19)22/h1-4,6-9,17,22H,11-16H2,(H,26,31)(H,29,30). The first kappa shape index (κ1) is 24.3. The van der Waals surface area contributed by atoms with Gasteiger partial charge in [0.2, 0.25) is 0 Å². The van der Waals surface area contributed by atoms with E-state index in [1.807, 2.05) is 48.5 Å². The Morgan fingerprint density at radius 3 is 2.31 bits per heavy atom. The zero-order valence-electron chi connectivity index (χ0n) is 18.8. The molecule has 2 N–H and O–H groups in total. The summed E-state index contributed by atoms with van der Waals surface area (Å²) in [5.41, 5.74) is 4.42. The van der Waals surface area contributed by atoms with Crippen molar-refractivity contribution in [3.8, 4) is 23.0 Å². The van der Waals surface area contributed by atoms with Crippen molar-refractivity contribution in [1.82, 2.24) is 10.2 Å². The van der Waals surface area contributed by atoms with Crippen LogP contribution in [0, 0.1) is 11.8 Å². The van der Waals surface area contributed by atoms with E-state index in [2.05, 4.69) is 17.2 Å². The Balaban J connectivity index is 1.30. The third-order valence-corrected chi connectivity index (χ3v) is 7.76. The number of carbonyl (C=O) groups is 3. The summed E-state index contributed by atoms with van der Waals surface area (Å²) >= 11 is 0. The van der Waals surface area contributed by atoms with Gasteiger partial charge in [0, 0.05) is 12.5 Å². The van der Waals surface area contributed by atoms with Crippen molar-refractivity contribution in [3.63, 3.8) is 0 Å². The van der Waals surface area contributed by atoms with Crippen molar-refractivity contribution in [2.45, 2.75) is 18.4 Å². The van der Waals surface area contributed by atoms with E-state index in [4.69, 9.17) is 9.84 Å². The van der Waals surface area contributed by atoms with Gasteiger partial charge in [-0.25, -0.2) is 13.2 Å². The number of nitrogens with zero attached hydrogens (tertiary/aromatic N) is 1. The van der Waals surface area contributed by atoms with Crippen LogP contribution in [-0.4, -0.2) is 73.6 Å². The quantitative estimate of drug-likeness (QED) is 0.602. The molecule has 2 aromatic rings. The summed E-state index contributed by atoms with van der Waals surface area (Å²) in [7, 11) is -3.41. The molecule has 4 rings (SSSR count). The maximum Gasteiger partial charge on any atom is 0.407 e. The number of carboxylic acids is 1.